The molecule has 0 saturated carbocycles. The number of aromatic nitrogens is 2. The van der Waals surface area contributed by atoms with E-state index in [1.165, 1.54) is 5.57 Å². The van der Waals surface area contributed by atoms with Gasteiger partial charge in [0.1, 0.15) is 24.7 Å². The lowest BCUT2D eigenvalue weighted by molar-refractivity contribution is 0.306. The SMILES string of the molecule is Nc1nc2c(c(-c3ccc(OCc4ccccc4)cc3)n1)CCC/C2=C\c1ccc(OCc2ccccc2)cc1. The van der Waals surface area contributed by atoms with Crippen LogP contribution in [0.3, 0.4) is 0 Å². The van der Waals surface area contributed by atoms with Crippen LogP contribution in [0.4, 0.5) is 5.95 Å². The molecule has 0 bridgehead atoms. The van der Waals surface area contributed by atoms with Crippen molar-refractivity contribution < 1.29 is 9.47 Å². The second kappa shape index (κ2) is 11.9. The van der Waals surface area contributed by atoms with Gasteiger partial charge in [0.25, 0.3) is 0 Å². The van der Waals surface area contributed by atoms with Crippen molar-refractivity contribution in [3.8, 4) is 22.8 Å². The van der Waals surface area contributed by atoms with Crippen molar-refractivity contribution in [2.45, 2.75) is 32.5 Å². The molecule has 5 nitrogen and oxygen atoms in total. The van der Waals surface area contributed by atoms with Crippen molar-refractivity contribution in [2.24, 2.45) is 0 Å². The van der Waals surface area contributed by atoms with Gasteiger partial charge in [-0.15, -0.1) is 0 Å². The van der Waals surface area contributed by atoms with Crippen molar-refractivity contribution in [1.82, 2.24) is 9.97 Å². The molecule has 1 heterocycles. The van der Waals surface area contributed by atoms with Crippen molar-refractivity contribution in [3.63, 3.8) is 0 Å². The number of hydrogen-bond donors (Lipinski definition) is 1. The van der Waals surface area contributed by atoms with E-state index in [4.69, 9.17) is 15.2 Å². The van der Waals surface area contributed by atoms with Crippen molar-refractivity contribution >= 4 is 17.6 Å². The van der Waals surface area contributed by atoms with E-state index in [-0.39, 0.29) is 5.95 Å². The third-order valence-corrected chi connectivity index (χ3v) is 7.05. The van der Waals surface area contributed by atoms with Crippen LogP contribution in [0.1, 0.15) is 40.8 Å². The number of ether oxygens (including phenoxy) is 2. The number of rotatable bonds is 8. The first-order valence-electron chi connectivity index (χ1n) is 13.6. The molecule has 1 aliphatic rings. The molecule has 2 N–H and O–H groups in total. The highest BCUT2D eigenvalue weighted by Crippen LogP contribution is 2.37. The van der Waals surface area contributed by atoms with Gasteiger partial charge >= 0.3 is 0 Å². The first-order valence-corrected chi connectivity index (χ1v) is 13.6. The largest absolute Gasteiger partial charge is 0.489 e. The van der Waals surface area contributed by atoms with Crippen LogP contribution >= 0.6 is 0 Å². The van der Waals surface area contributed by atoms with E-state index in [0.717, 1.165) is 70.0 Å². The molecular weight excluding hydrogens is 494 g/mol. The molecule has 0 fully saturated rings. The van der Waals surface area contributed by atoms with Gasteiger partial charge in [0, 0.05) is 11.1 Å². The molecule has 5 aromatic rings. The molecule has 0 atom stereocenters. The van der Waals surface area contributed by atoms with Crippen LogP contribution in [0.5, 0.6) is 11.5 Å². The molecule has 198 valence electrons. The fourth-order valence-electron chi connectivity index (χ4n) is 5.01. The van der Waals surface area contributed by atoms with Crippen molar-refractivity contribution in [1.29, 1.82) is 0 Å². The first-order chi connectivity index (χ1) is 19.7. The molecule has 0 spiro atoms. The Morgan fingerprint density at radius 2 is 1.18 bits per heavy atom. The predicted octanol–water partition coefficient (Wildman–Crippen LogP) is 7.76. The lowest BCUT2D eigenvalue weighted by Crippen LogP contribution is -2.11. The van der Waals surface area contributed by atoms with Crippen LogP contribution in [-0.2, 0) is 19.6 Å². The lowest BCUT2D eigenvalue weighted by atomic mass is 9.87. The molecule has 40 heavy (non-hydrogen) atoms. The normalized spacial score (nSPS) is 13.6. The lowest BCUT2D eigenvalue weighted by Gasteiger charge is -2.21. The summed E-state index contributed by atoms with van der Waals surface area (Å²) in [6, 6.07) is 36.6. The van der Waals surface area contributed by atoms with Crippen LogP contribution in [0.15, 0.2) is 109 Å². The molecule has 0 amide bonds. The number of anilines is 1. The van der Waals surface area contributed by atoms with Crippen LogP contribution in [0, 0.1) is 0 Å². The zero-order valence-corrected chi connectivity index (χ0v) is 22.3. The monoisotopic (exact) mass is 525 g/mol. The summed E-state index contributed by atoms with van der Waals surface area (Å²) >= 11 is 0. The molecule has 1 aliphatic carbocycles. The van der Waals surface area contributed by atoms with Crippen molar-refractivity contribution in [3.05, 3.63) is 137 Å². The van der Waals surface area contributed by atoms with Gasteiger partial charge in [-0.2, -0.15) is 0 Å². The van der Waals surface area contributed by atoms with Gasteiger partial charge in [-0.25, -0.2) is 9.97 Å². The molecule has 1 aromatic heterocycles. The molecule has 5 heteroatoms. The number of hydrogen-bond acceptors (Lipinski definition) is 5. The Bertz CT molecular complexity index is 1600. The van der Waals surface area contributed by atoms with E-state index >= 15 is 0 Å². The second-order valence-electron chi connectivity index (χ2n) is 9.92. The highest BCUT2D eigenvalue weighted by molar-refractivity contribution is 5.85. The maximum Gasteiger partial charge on any atom is 0.221 e. The Morgan fingerprint density at radius 3 is 1.77 bits per heavy atom. The summed E-state index contributed by atoms with van der Waals surface area (Å²) in [6.07, 6.45) is 5.10. The topological polar surface area (TPSA) is 70.3 Å². The van der Waals surface area contributed by atoms with Gasteiger partial charge < -0.3 is 15.2 Å². The minimum atomic E-state index is 0.288. The number of nitrogens with two attached hydrogens (primary N) is 1. The minimum Gasteiger partial charge on any atom is -0.489 e. The second-order valence-corrected chi connectivity index (χ2v) is 9.92. The minimum absolute atomic E-state index is 0.288. The summed E-state index contributed by atoms with van der Waals surface area (Å²) < 4.78 is 11.9. The standard InChI is InChI=1S/C35H31N3O2/c36-35-37-33(28-16-20-31(21-17-28)40-24-27-10-5-2-6-11-27)32-13-7-12-29(34(32)38-35)22-25-14-18-30(19-15-25)39-23-26-8-3-1-4-9-26/h1-6,8-11,14-22H,7,12-13,23-24H2,(H2,36,37,38)/b29-22+. The number of nitrogen functional groups attached to an aromatic ring is 1. The Hall–Kier alpha value is -4.90. The van der Waals surface area contributed by atoms with Crippen LogP contribution < -0.4 is 15.2 Å². The highest BCUT2D eigenvalue weighted by Gasteiger charge is 2.22. The third kappa shape index (κ3) is 6.05. The molecule has 0 unspecified atom stereocenters. The van der Waals surface area contributed by atoms with Gasteiger partial charge in [0.05, 0.1) is 11.4 Å². The van der Waals surface area contributed by atoms with E-state index in [1.807, 2.05) is 60.7 Å². The number of allylic oxidation sites excluding steroid dienone is 1. The fraction of sp³-hybridized carbons (Fsp3) is 0.143. The summed E-state index contributed by atoms with van der Waals surface area (Å²) in [7, 11) is 0. The summed E-state index contributed by atoms with van der Waals surface area (Å²) in [5.41, 5.74) is 14.8. The van der Waals surface area contributed by atoms with Gasteiger partial charge in [-0.3, -0.25) is 0 Å². The Kier molecular flexibility index (Phi) is 7.53. The zero-order chi connectivity index (χ0) is 27.1. The van der Waals surface area contributed by atoms with Gasteiger partial charge in [0.2, 0.25) is 5.95 Å². The van der Waals surface area contributed by atoms with E-state index in [0.29, 0.717) is 13.2 Å². The van der Waals surface area contributed by atoms with Crippen LogP contribution in [0.2, 0.25) is 0 Å². The van der Waals surface area contributed by atoms with E-state index in [9.17, 15) is 0 Å². The quantitative estimate of drug-likeness (QED) is 0.224. The first kappa shape index (κ1) is 25.4. The van der Waals surface area contributed by atoms with Crippen LogP contribution in [-0.4, -0.2) is 9.97 Å². The smallest absolute Gasteiger partial charge is 0.221 e. The Balaban J connectivity index is 1.20. The van der Waals surface area contributed by atoms with Crippen molar-refractivity contribution in [2.75, 3.05) is 5.73 Å². The predicted molar refractivity (Wildman–Crippen MR) is 161 cm³/mol. The molecule has 0 saturated heterocycles. The van der Waals surface area contributed by atoms with E-state index in [1.54, 1.807) is 0 Å². The number of benzene rings is 4. The van der Waals surface area contributed by atoms with Gasteiger partial charge in [0.15, 0.2) is 0 Å². The molecule has 6 rings (SSSR count). The van der Waals surface area contributed by atoms with Gasteiger partial charge in [-0.1, -0.05) is 72.8 Å². The van der Waals surface area contributed by atoms with E-state index < -0.39 is 0 Å². The molecular formula is C35H31N3O2. The maximum absolute atomic E-state index is 6.23. The average molecular weight is 526 g/mol. The Morgan fingerprint density at radius 1 is 0.625 bits per heavy atom. The molecule has 0 aliphatic heterocycles. The summed E-state index contributed by atoms with van der Waals surface area (Å²) in [4.78, 5) is 9.35. The average Bonchev–Trinajstić information content (AvgIpc) is 3.01. The number of nitrogens with zero attached hydrogens (tertiary/aromatic N) is 2. The fourth-order valence-corrected chi connectivity index (χ4v) is 5.01. The summed E-state index contributed by atoms with van der Waals surface area (Å²) in [6.45, 7) is 1.08. The Labute approximate surface area is 235 Å². The highest BCUT2D eigenvalue weighted by atomic mass is 16.5. The molecule has 0 radical (unpaired) electrons. The zero-order valence-electron chi connectivity index (χ0n) is 22.3. The maximum atomic E-state index is 6.23. The van der Waals surface area contributed by atoms with E-state index in [2.05, 4.69) is 64.6 Å². The molecule has 4 aromatic carbocycles. The third-order valence-electron chi connectivity index (χ3n) is 7.05. The van der Waals surface area contributed by atoms with Gasteiger partial charge in [-0.05, 0) is 84.0 Å². The van der Waals surface area contributed by atoms with Crippen LogP contribution in [0.25, 0.3) is 22.9 Å². The summed E-state index contributed by atoms with van der Waals surface area (Å²) in [5, 5.41) is 0. The number of fused-ring (bicyclic) bond motifs is 1. The summed E-state index contributed by atoms with van der Waals surface area (Å²) in [5.74, 6) is 1.95.